The first-order chi connectivity index (χ1) is 11.5. The molecule has 124 valence electrons. The number of rotatable bonds is 6. The van der Waals surface area contributed by atoms with Crippen LogP contribution in [0.4, 0.5) is 0 Å². The molecule has 1 fully saturated rings. The van der Waals surface area contributed by atoms with Crippen LogP contribution in [-0.2, 0) is 0 Å². The van der Waals surface area contributed by atoms with Gasteiger partial charge in [-0.3, -0.25) is 0 Å². The second kappa shape index (κ2) is 6.23. The second-order valence-electron chi connectivity index (χ2n) is 5.63. The molecule has 0 spiro atoms. The summed E-state index contributed by atoms with van der Waals surface area (Å²) in [6.07, 6.45) is 2.36. The Morgan fingerprint density at radius 2 is 1.12 bits per heavy atom. The van der Waals surface area contributed by atoms with E-state index in [9.17, 15) is 9.59 Å². The Morgan fingerprint density at radius 1 is 0.750 bits per heavy atom. The van der Waals surface area contributed by atoms with E-state index in [1.165, 1.54) is 24.3 Å². The van der Waals surface area contributed by atoms with Crippen LogP contribution in [0.2, 0.25) is 0 Å². The fourth-order valence-electron chi connectivity index (χ4n) is 2.45. The second-order valence-corrected chi connectivity index (χ2v) is 5.63. The lowest BCUT2D eigenvalue weighted by molar-refractivity contribution is -0.168. The summed E-state index contributed by atoms with van der Waals surface area (Å²) in [6.45, 7) is 0. The molecule has 6 nitrogen and oxygen atoms in total. The van der Waals surface area contributed by atoms with Crippen molar-refractivity contribution in [1.29, 1.82) is 0 Å². The lowest BCUT2D eigenvalue weighted by Gasteiger charge is -2.41. The van der Waals surface area contributed by atoms with Gasteiger partial charge in [0.15, 0.2) is 0 Å². The third kappa shape index (κ3) is 3.32. The van der Waals surface area contributed by atoms with Gasteiger partial charge < -0.3 is 19.7 Å². The van der Waals surface area contributed by atoms with Gasteiger partial charge in [-0.05, 0) is 55.0 Å². The van der Waals surface area contributed by atoms with Crippen molar-refractivity contribution in [2.45, 2.75) is 25.0 Å². The van der Waals surface area contributed by atoms with E-state index in [2.05, 4.69) is 0 Å². The summed E-state index contributed by atoms with van der Waals surface area (Å²) in [5.41, 5.74) is 0.380. The highest BCUT2D eigenvalue weighted by Gasteiger charge is 2.42. The zero-order valence-corrected chi connectivity index (χ0v) is 12.8. The van der Waals surface area contributed by atoms with Gasteiger partial charge in [0.25, 0.3) is 5.79 Å². The van der Waals surface area contributed by atoms with E-state index in [4.69, 9.17) is 19.7 Å². The van der Waals surface area contributed by atoms with Crippen LogP contribution in [0.3, 0.4) is 0 Å². The monoisotopic (exact) mass is 328 g/mol. The predicted octanol–water partition coefficient (Wildman–Crippen LogP) is 3.42. The molecule has 0 radical (unpaired) electrons. The Labute approximate surface area is 138 Å². The maximum absolute atomic E-state index is 10.9. The van der Waals surface area contributed by atoms with Gasteiger partial charge in [-0.25, -0.2) is 9.59 Å². The van der Waals surface area contributed by atoms with E-state index in [0.29, 0.717) is 24.3 Å². The van der Waals surface area contributed by atoms with Gasteiger partial charge in [-0.2, -0.15) is 0 Å². The highest BCUT2D eigenvalue weighted by atomic mass is 16.7. The molecule has 1 aliphatic rings. The predicted molar refractivity (Wildman–Crippen MR) is 84.6 cm³/mol. The third-order valence-corrected chi connectivity index (χ3v) is 3.93. The molecular weight excluding hydrogens is 312 g/mol. The first kappa shape index (κ1) is 15.9. The lowest BCUT2D eigenvalue weighted by Crippen LogP contribution is -2.48. The fraction of sp³-hybridized carbons (Fsp3) is 0.222. The number of carbonyl (C=O) groups is 2. The van der Waals surface area contributed by atoms with Crippen molar-refractivity contribution >= 4 is 11.9 Å². The van der Waals surface area contributed by atoms with Gasteiger partial charge in [-0.1, -0.05) is 0 Å². The smallest absolute Gasteiger partial charge is 0.335 e. The quantitative estimate of drug-likeness (QED) is 0.789. The molecule has 0 heterocycles. The zero-order valence-electron chi connectivity index (χ0n) is 12.8. The first-order valence-electron chi connectivity index (χ1n) is 7.52. The number of benzene rings is 2. The summed E-state index contributed by atoms with van der Waals surface area (Å²) >= 11 is 0. The molecule has 0 bridgehead atoms. The van der Waals surface area contributed by atoms with E-state index in [0.717, 1.165) is 6.42 Å². The SMILES string of the molecule is O=C(O)c1ccc(OC2(Oc3ccc(C(=O)O)cc3)CCC2)cc1. The maximum Gasteiger partial charge on any atom is 0.335 e. The van der Waals surface area contributed by atoms with Gasteiger partial charge in [0.2, 0.25) is 0 Å². The minimum Gasteiger partial charge on any atom is -0.478 e. The Balaban J connectivity index is 1.72. The summed E-state index contributed by atoms with van der Waals surface area (Å²) in [4.78, 5) is 21.7. The number of carboxylic acids is 2. The molecule has 24 heavy (non-hydrogen) atoms. The molecule has 2 aromatic carbocycles. The molecule has 0 amide bonds. The number of carboxylic acid groups (broad SMARTS) is 2. The van der Waals surface area contributed by atoms with Crippen molar-refractivity contribution in [3.05, 3.63) is 59.7 Å². The van der Waals surface area contributed by atoms with Gasteiger partial charge in [0, 0.05) is 12.8 Å². The molecule has 0 unspecified atom stereocenters. The molecule has 0 aliphatic heterocycles. The van der Waals surface area contributed by atoms with Crippen molar-refractivity contribution in [3.63, 3.8) is 0 Å². The summed E-state index contributed by atoms with van der Waals surface area (Å²) in [7, 11) is 0. The summed E-state index contributed by atoms with van der Waals surface area (Å²) in [6, 6.07) is 12.3. The van der Waals surface area contributed by atoms with Crippen LogP contribution in [0.5, 0.6) is 11.5 Å². The number of aromatic carboxylic acids is 2. The van der Waals surface area contributed by atoms with Crippen molar-refractivity contribution in [2.24, 2.45) is 0 Å². The van der Waals surface area contributed by atoms with E-state index in [1.807, 2.05) is 0 Å². The molecule has 0 atom stereocenters. The van der Waals surface area contributed by atoms with Crippen LogP contribution in [0.1, 0.15) is 40.0 Å². The van der Waals surface area contributed by atoms with Gasteiger partial charge in [0.05, 0.1) is 11.1 Å². The molecule has 3 rings (SSSR count). The molecule has 1 aliphatic carbocycles. The van der Waals surface area contributed by atoms with E-state index < -0.39 is 17.7 Å². The normalized spacial score (nSPS) is 15.2. The summed E-state index contributed by atoms with van der Waals surface area (Å²) < 4.78 is 11.8. The average Bonchev–Trinajstić information content (AvgIpc) is 2.53. The fourth-order valence-corrected chi connectivity index (χ4v) is 2.45. The van der Waals surface area contributed by atoms with Gasteiger partial charge >= 0.3 is 11.9 Å². The van der Waals surface area contributed by atoms with E-state index in [-0.39, 0.29) is 11.1 Å². The minimum atomic E-state index is -0.991. The van der Waals surface area contributed by atoms with Crippen LogP contribution >= 0.6 is 0 Å². The van der Waals surface area contributed by atoms with Crippen LogP contribution in [-0.4, -0.2) is 27.9 Å². The highest BCUT2D eigenvalue weighted by molar-refractivity contribution is 5.88. The van der Waals surface area contributed by atoms with Crippen molar-refractivity contribution < 1.29 is 29.3 Å². The minimum absolute atomic E-state index is 0.190. The van der Waals surface area contributed by atoms with Gasteiger partial charge in [0.1, 0.15) is 11.5 Å². The molecule has 6 heteroatoms. The molecule has 1 saturated carbocycles. The first-order valence-corrected chi connectivity index (χ1v) is 7.52. The lowest BCUT2D eigenvalue weighted by atomic mass is 9.91. The van der Waals surface area contributed by atoms with E-state index in [1.54, 1.807) is 24.3 Å². The molecular formula is C18H16O6. The highest BCUT2D eigenvalue weighted by Crippen LogP contribution is 2.38. The maximum atomic E-state index is 10.9. The topological polar surface area (TPSA) is 93.1 Å². The Morgan fingerprint density at radius 3 is 1.38 bits per heavy atom. The summed E-state index contributed by atoms with van der Waals surface area (Å²) in [5.74, 6) is -1.72. The zero-order chi connectivity index (χ0) is 17.2. The van der Waals surface area contributed by atoms with Crippen molar-refractivity contribution in [2.75, 3.05) is 0 Å². The molecule has 2 aromatic rings. The standard InChI is InChI=1S/C18H16O6/c19-16(20)12-2-6-14(7-3-12)23-18(10-1-11-18)24-15-8-4-13(5-9-15)17(21)22/h2-9H,1,10-11H2,(H,19,20)(H,21,22). The Bertz CT molecular complexity index is 683. The van der Waals surface area contributed by atoms with Crippen molar-refractivity contribution in [3.8, 4) is 11.5 Å². The Hall–Kier alpha value is -3.02. The van der Waals surface area contributed by atoms with Gasteiger partial charge in [-0.15, -0.1) is 0 Å². The molecule has 0 saturated heterocycles. The number of hydrogen-bond acceptors (Lipinski definition) is 4. The Kier molecular flexibility index (Phi) is 4.12. The molecule has 0 aromatic heterocycles. The summed E-state index contributed by atoms with van der Waals surface area (Å²) in [5, 5.41) is 17.8. The number of hydrogen-bond donors (Lipinski definition) is 2. The molecule has 2 N–H and O–H groups in total. The van der Waals surface area contributed by atoms with Crippen LogP contribution < -0.4 is 9.47 Å². The van der Waals surface area contributed by atoms with Crippen molar-refractivity contribution in [1.82, 2.24) is 0 Å². The van der Waals surface area contributed by atoms with Crippen LogP contribution in [0, 0.1) is 0 Å². The number of ether oxygens (including phenoxy) is 2. The van der Waals surface area contributed by atoms with Crippen LogP contribution in [0.25, 0.3) is 0 Å². The largest absolute Gasteiger partial charge is 0.478 e. The average molecular weight is 328 g/mol. The third-order valence-electron chi connectivity index (χ3n) is 3.93. The van der Waals surface area contributed by atoms with E-state index >= 15 is 0 Å². The van der Waals surface area contributed by atoms with Crippen LogP contribution in [0.15, 0.2) is 48.5 Å².